The number of carbonyl (C=O) groups is 1. The van der Waals surface area contributed by atoms with E-state index >= 15 is 0 Å². The van der Waals surface area contributed by atoms with Crippen molar-refractivity contribution in [2.24, 2.45) is 0 Å². The van der Waals surface area contributed by atoms with Crippen LogP contribution in [0.1, 0.15) is 30.4 Å². The van der Waals surface area contributed by atoms with Crippen LogP contribution in [-0.2, 0) is 4.79 Å². The molecule has 0 spiro atoms. The number of benzene rings is 1. The van der Waals surface area contributed by atoms with Gasteiger partial charge in [0.05, 0.1) is 6.26 Å². The van der Waals surface area contributed by atoms with E-state index in [1.807, 2.05) is 32.0 Å². The minimum Gasteiger partial charge on any atom is -0.464 e. The third kappa shape index (κ3) is 1.67. The summed E-state index contributed by atoms with van der Waals surface area (Å²) in [5.74, 6) is 0.219. The fraction of sp³-hybridized carbons (Fsp3) is 0.308. The van der Waals surface area contributed by atoms with Crippen LogP contribution in [0.25, 0.3) is 11.0 Å². The highest BCUT2D eigenvalue weighted by molar-refractivity contribution is 5.84. The predicted molar refractivity (Wildman–Crippen MR) is 60.0 cm³/mol. The quantitative estimate of drug-likeness (QED) is 0.714. The van der Waals surface area contributed by atoms with Crippen LogP contribution < -0.4 is 0 Å². The van der Waals surface area contributed by atoms with Crippen molar-refractivity contribution < 1.29 is 9.21 Å². The fourth-order valence-electron chi connectivity index (χ4n) is 1.87. The van der Waals surface area contributed by atoms with E-state index in [1.54, 1.807) is 6.26 Å². The van der Waals surface area contributed by atoms with E-state index in [9.17, 15) is 4.79 Å². The predicted octanol–water partition coefficient (Wildman–Crippen LogP) is 3.43. The summed E-state index contributed by atoms with van der Waals surface area (Å²) < 4.78 is 5.53. The second-order valence-corrected chi connectivity index (χ2v) is 3.95. The average Bonchev–Trinajstić information content (AvgIpc) is 2.61. The molecule has 0 saturated heterocycles. The SMILES string of the molecule is Cc1coc2c(C(C)CC=O)cccc12. The van der Waals surface area contributed by atoms with E-state index in [4.69, 9.17) is 4.42 Å². The van der Waals surface area contributed by atoms with Crippen molar-refractivity contribution in [3.05, 3.63) is 35.6 Å². The van der Waals surface area contributed by atoms with Crippen LogP contribution in [-0.4, -0.2) is 6.29 Å². The molecule has 0 N–H and O–H groups in total. The van der Waals surface area contributed by atoms with Gasteiger partial charge >= 0.3 is 0 Å². The van der Waals surface area contributed by atoms with E-state index in [0.29, 0.717) is 6.42 Å². The lowest BCUT2D eigenvalue weighted by Gasteiger charge is -2.08. The summed E-state index contributed by atoms with van der Waals surface area (Å²) in [6, 6.07) is 6.09. The minimum absolute atomic E-state index is 0.219. The van der Waals surface area contributed by atoms with Crippen LogP contribution >= 0.6 is 0 Å². The molecule has 1 heterocycles. The van der Waals surface area contributed by atoms with E-state index in [-0.39, 0.29) is 5.92 Å². The number of hydrogen-bond donors (Lipinski definition) is 0. The number of furan rings is 1. The van der Waals surface area contributed by atoms with Gasteiger partial charge < -0.3 is 9.21 Å². The molecular weight excluding hydrogens is 188 g/mol. The van der Waals surface area contributed by atoms with Crippen molar-refractivity contribution in [2.45, 2.75) is 26.2 Å². The molecule has 0 amide bonds. The molecule has 0 bridgehead atoms. The molecule has 0 aliphatic carbocycles. The first-order chi connectivity index (χ1) is 7.24. The van der Waals surface area contributed by atoms with Gasteiger partial charge in [0.15, 0.2) is 0 Å². The van der Waals surface area contributed by atoms with Crippen molar-refractivity contribution in [2.75, 3.05) is 0 Å². The highest BCUT2D eigenvalue weighted by Gasteiger charge is 2.12. The fourth-order valence-corrected chi connectivity index (χ4v) is 1.87. The summed E-state index contributed by atoms with van der Waals surface area (Å²) in [6.07, 6.45) is 3.26. The zero-order chi connectivity index (χ0) is 10.8. The lowest BCUT2D eigenvalue weighted by Crippen LogP contribution is -1.94. The van der Waals surface area contributed by atoms with E-state index < -0.39 is 0 Å². The maximum Gasteiger partial charge on any atom is 0.137 e. The summed E-state index contributed by atoms with van der Waals surface area (Å²) in [5.41, 5.74) is 3.18. The molecule has 0 saturated carbocycles. The monoisotopic (exact) mass is 202 g/mol. The first-order valence-corrected chi connectivity index (χ1v) is 5.14. The lowest BCUT2D eigenvalue weighted by atomic mass is 9.96. The van der Waals surface area contributed by atoms with Gasteiger partial charge in [0.25, 0.3) is 0 Å². The summed E-state index contributed by atoms with van der Waals surface area (Å²) in [5, 5.41) is 1.14. The molecule has 0 aliphatic rings. The average molecular weight is 202 g/mol. The van der Waals surface area contributed by atoms with Crippen LogP contribution in [0.15, 0.2) is 28.9 Å². The molecule has 1 aromatic carbocycles. The van der Waals surface area contributed by atoms with Crippen LogP contribution in [0.5, 0.6) is 0 Å². The van der Waals surface area contributed by atoms with Crippen molar-refractivity contribution in [1.29, 1.82) is 0 Å². The Morgan fingerprint density at radius 2 is 2.27 bits per heavy atom. The minimum atomic E-state index is 0.219. The van der Waals surface area contributed by atoms with Gasteiger partial charge in [-0.3, -0.25) is 0 Å². The molecule has 0 radical (unpaired) electrons. The van der Waals surface area contributed by atoms with E-state index in [2.05, 4.69) is 0 Å². The zero-order valence-electron chi connectivity index (χ0n) is 8.99. The maximum absolute atomic E-state index is 10.5. The van der Waals surface area contributed by atoms with Gasteiger partial charge in [-0.2, -0.15) is 0 Å². The topological polar surface area (TPSA) is 30.2 Å². The molecule has 78 valence electrons. The lowest BCUT2D eigenvalue weighted by molar-refractivity contribution is -0.108. The number of hydrogen-bond acceptors (Lipinski definition) is 2. The van der Waals surface area contributed by atoms with Crippen molar-refractivity contribution in [3.8, 4) is 0 Å². The second kappa shape index (κ2) is 3.89. The third-order valence-corrected chi connectivity index (χ3v) is 2.80. The molecule has 15 heavy (non-hydrogen) atoms. The molecule has 2 rings (SSSR count). The van der Waals surface area contributed by atoms with Crippen molar-refractivity contribution >= 4 is 17.3 Å². The van der Waals surface area contributed by atoms with Crippen LogP contribution in [0.3, 0.4) is 0 Å². The maximum atomic E-state index is 10.5. The Labute approximate surface area is 88.9 Å². The zero-order valence-corrected chi connectivity index (χ0v) is 8.99. The third-order valence-electron chi connectivity index (χ3n) is 2.80. The van der Waals surface area contributed by atoms with Crippen LogP contribution in [0, 0.1) is 6.92 Å². The number of aryl methyl sites for hydroxylation is 1. The molecule has 1 aromatic heterocycles. The summed E-state index contributed by atoms with van der Waals surface area (Å²) in [7, 11) is 0. The van der Waals surface area contributed by atoms with Crippen LogP contribution in [0.2, 0.25) is 0 Å². The first-order valence-electron chi connectivity index (χ1n) is 5.14. The molecule has 0 aliphatic heterocycles. The Hall–Kier alpha value is -1.57. The Bertz CT molecular complexity index is 482. The van der Waals surface area contributed by atoms with Gasteiger partial charge in [0, 0.05) is 11.8 Å². The molecule has 2 heteroatoms. The Morgan fingerprint density at radius 1 is 1.47 bits per heavy atom. The highest BCUT2D eigenvalue weighted by atomic mass is 16.3. The number of carbonyl (C=O) groups excluding carboxylic acids is 1. The number of fused-ring (bicyclic) bond motifs is 1. The van der Waals surface area contributed by atoms with Crippen molar-refractivity contribution in [3.63, 3.8) is 0 Å². The Kier molecular flexibility index (Phi) is 2.58. The summed E-state index contributed by atoms with van der Waals surface area (Å²) in [6.45, 7) is 4.07. The number of para-hydroxylation sites is 1. The molecule has 1 atom stereocenters. The van der Waals surface area contributed by atoms with E-state index in [1.165, 1.54) is 0 Å². The van der Waals surface area contributed by atoms with Crippen LogP contribution in [0.4, 0.5) is 0 Å². The largest absolute Gasteiger partial charge is 0.464 e. The number of aldehydes is 1. The highest BCUT2D eigenvalue weighted by Crippen LogP contribution is 2.29. The van der Waals surface area contributed by atoms with E-state index in [0.717, 1.165) is 28.4 Å². The summed E-state index contributed by atoms with van der Waals surface area (Å²) in [4.78, 5) is 10.5. The second-order valence-electron chi connectivity index (χ2n) is 3.95. The number of rotatable bonds is 3. The van der Waals surface area contributed by atoms with Gasteiger partial charge in [-0.05, 0) is 24.0 Å². The molecule has 2 aromatic rings. The normalized spacial score (nSPS) is 12.9. The summed E-state index contributed by atoms with van der Waals surface area (Å²) >= 11 is 0. The molecule has 1 unspecified atom stereocenters. The van der Waals surface area contributed by atoms with Crippen molar-refractivity contribution in [1.82, 2.24) is 0 Å². The van der Waals surface area contributed by atoms with Gasteiger partial charge in [0.1, 0.15) is 11.9 Å². The standard InChI is InChI=1S/C13H14O2/c1-9(6-7-14)11-4-3-5-12-10(2)8-15-13(11)12/h3-5,7-9H,6H2,1-2H3. The van der Waals surface area contributed by atoms with Gasteiger partial charge in [-0.25, -0.2) is 0 Å². The molecule has 2 nitrogen and oxygen atoms in total. The van der Waals surface area contributed by atoms with Gasteiger partial charge in [0.2, 0.25) is 0 Å². The molecular formula is C13H14O2. The van der Waals surface area contributed by atoms with Gasteiger partial charge in [-0.15, -0.1) is 0 Å². The molecule has 0 fully saturated rings. The first kappa shape index (κ1) is 9.97. The smallest absolute Gasteiger partial charge is 0.137 e. The Morgan fingerprint density at radius 3 is 3.00 bits per heavy atom. The van der Waals surface area contributed by atoms with Gasteiger partial charge in [-0.1, -0.05) is 25.1 Å². The Balaban J connectivity index is 2.55.